The topological polar surface area (TPSA) is 133 Å². The average Bonchev–Trinajstić information content (AvgIpc) is 2.92. The van der Waals surface area contributed by atoms with E-state index in [1.807, 2.05) is 0 Å². The number of aryl methyl sites for hydroxylation is 1. The average molecular weight is 363 g/mol. The van der Waals surface area contributed by atoms with Crippen molar-refractivity contribution in [2.24, 2.45) is 5.73 Å². The Hall–Kier alpha value is -2.65. The van der Waals surface area contributed by atoms with Crippen molar-refractivity contribution < 1.29 is 23.5 Å². The summed E-state index contributed by atoms with van der Waals surface area (Å²) in [5.41, 5.74) is 6.61. The quantitative estimate of drug-likeness (QED) is 0.357. The molecule has 5 N–H and O–H groups in total. The minimum atomic E-state index is -2.30. The fourth-order valence-corrected chi connectivity index (χ4v) is 3.73. The van der Waals surface area contributed by atoms with Gasteiger partial charge in [-0.3, -0.25) is 9.59 Å². The van der Waals surface area contributed by atoms with Crippen LogP contribution >= 0.6 is 0 Å². The van der Waals surface area contributed by atoms with Crippen LogP contribution in [-0.2, 0) is 15.9 Å². The van der Waals surface area contributed by atoms with Gasteiger partial charge >= 0.3 is 0 Å². The van der Waals surface area contributed by atoms with E-state index in [1.165, 1.54) is 23.3 Å². The van der Waals surface area contributed by atoms with Crippen molar-refractivity contribution in [3.63, 3.8) is 0 Å². The molecule has 0 aromatic heterocycles. The van der Waals surface area contributed by atoms with Gasteiger partial charge in [0, 0.05) is 12.3 Å². The molecule has 3 unspecified atom stereocenters. The number of phenolic OH excluding ortho intramolecular Hbond substituents is 1. The number of aromatic hydroxyl groups is 1. The summed E-state index contributed by atoms with van der Waals surface area (Å²) >= 11 is -2.30. The van der Waals surface area contributed by atoms with E-state index in [1.54, 1.807) is 19.1 Å². The number of hydrogen-bond acceptors (Lipinski definition) is 5. The lowest BCUT2D eigenvalue weighted by Gasteiger charge is -2.26. The molecular weight excluding hydrogens is 346 g/mol. The van der Waals surface area contributed by atoms with Crippen molar-refractivity contribution >= 4 is 28.6 Å². The van der Waals surface area contributed by atoms with Gasteiger partial charge in [-0.1, -0.05) is 12.1 Å². The lowest BCUT2D eigenvalue weighted by molar-refractivity contribution is -0.113. The van der Waals surface area contributed by atoms with E-state index >= 15 is 0 Å². The fraction of sp³-hybridized carbons (Fsp3) is 0.250. The number of benzene rings is 1. The molecule has 2 heterocycles. The highest BCUT2D eigenvalue weighted by Crippen LogP contribution is 2.39. The van der Waals surface area contributed by atoms with Crippen LogP contribution in [0, 0.1) is 6.92 Å². The summed E-state index contributed by atoms with van der Waals surface area (Å²) in [4.78, 5) is 25.1. The lowest BCUT2D eigenvalue weighted by atomic mass is 10.1. The van der Waals surface area contributed by atoms with Gasteiger partial charge in [-0.25, -0.2) is 4.21 Å². The summed E-state index contributed by atoms with van der Waals surface area (Å²) in [6.45, 7) is 1.67. The third-order valence-corrected chi connectivity index (χ3v) is 5.13. The molecule has 3 rings (SSSR count). The molecule has 0 saturated heterocycles. The normalized spacial score (nSPS) is 23.5. The van der Waals surface area contributed by atoms with Crippen molar-refractivity contribution in [2.45, 2.75) is 24.8 Å². The summed E-state index contributed by atoms with van der Waals surface area (Å²) in [5, 5.41) is 12.1. The first-order valence-electron chi connectivity index (χ1n) is 7.49. The zero-order chi connectivity index (χ0) is 18.3. The molecule has 25 heavy (non-hydrogen) atoms. The Morgan fingerprint density at radius 1 is 1.48 bits per heavy atom. The third kappa shape index (κ3) is 3.03. The molecule has 0 fully saturated rings. The first kappa shape index (κ1) is 17.2. The maximum Gasteiger partial charge on any atom is 0.260 e. The molecule has 0 spiro atoms. The van der Waals surface area contributed by atoms with Crippen LogP contribution in [0.4, 0.5) is 5.69 Å². The fourth-order valence-electron chi connectivity index (χ4n) is 3.01. The zero-order valence-corrected chi connectivity index (χ0v) is 14.1. The molecule has 2 aliphatic heterocycles. The van der Waals surface area contributed by atoms with Gasteiger partial charge in [-0.15, -0.1) is 0 Å². The number of anilines is 1. The van der Waals surface area contributed by atoms with Crippen molar-refractivity contribution in [3.8, 4) is 5.75 Å². The van der Waals surface area contributed by atoms with E-state index in [0.717, 1.165) is 0 Å². The van der Waals surface area contributed by atoms with Crippen molar-refractivity contribution in [1.29, 1.82) is 0 Å². The minimum Gasteiger partial charge on any atom is -0.505 e. The number of nitrogens with zero attached hydrogens (tertiary/aromatic N) is 1. The van der Waals surface area contributed by atoms with E-state index in [9.17, 15) is 23.5 Å². The van der Waals surface area contributed by atoms with Crippen LogP contribution in [0.2, 0.25) is 0 Å². The number of carbonyl (C=O) groups is 2. The monoisotopic (exact) mass is 363 g/mol. The van der Waals surface area contributed by atoms with Crippen molar-refractivity contribution in [1.82, 2.24) is 4.90 Å². The van der Waals surface area contributed by atoms with Crippen LogP contribution in [0.1, 0.15) is 22.3 Å². The van der Waals surface area contributed by atoms with Crippen LogP contribution in [0.3, 0.4) is 0 Å². The van der Waals surface area contributed by atoms with Crippen LogP contribution in [-0.4, -0.2) is 42.0 Å². The highest BCUT2D eigenvalue weighted by atomic mass is 32.2. The minimum absolute atomic E-state index is 0.125. The SMILES string of the molecule is Cc1ccc2c(c1O)NC(S(=O)O)C1CC(/C=C/C(N)=O)=CN1C2=O. The van der Waals surface area contributed by atoms with Gasteiger partial charge in [0.1, 0.15) is 11.1 Å². The molecule has 8 nitrogen and oxygen atoms in total. The Balaban J connectivity index is 2.08. The number of phenols is 1. The molecular formula is C16H17N3O5S. The standard InChI is InChI=1S/C16H17N3O5S/c1-8-2-4-10-13(14(8)21)18-15(25(23)24)11-6-9(3-5-12(17)20)7-19(11)16(10)22/h2-5,7,11,15,18,21H,6H2,1H3,(H2,17,20)(H,23,24)/b5-3+. The molecule has 2 aliphatic rings. The predicted molar refractivity (Wildman–Crippen MR) is 92.0 cm³/mol. The van der Waals surface area contributed by atoms with E-state index in [2.05, 4.69) is 5.32 Å². The number of nitrogens with two attached hydrogens (primary N) is 1. The van der Waals surface area contributed by atoms with Gasteiger partial charge in [0.2, 0.25) is 5.91 Å². The van der Waals surface area contributed by atoms with Crippen LogP contribution in [0.25, 0.3) is 0 Å². The molecule has 0 saturated carbocycles. The van der Waals surface area contributed by atoms with E-state index in [4.69, 9.17) is 5.73 Å². The largest absolute Gasteiger partial charge is 0.505 e. The van der Waals surface area contributed by atoms with E-state index in [-0.39, 0.29) is 23.4 Å². The van der Waals surface area contributed by atoms with Gasteiger partial charge < -0.3 is 25.6 Å². The Labute approximate surface area is 146 Å². The number of carbonyl (C=O) groups excluding carboxylic acids is 2. The number of rotatable bonds is 3. The molecule has 2 amide bonds. The maximum atomic E-state index is 12.9. The van der Waals surface area contributed by atoms with E-state index in [0.29, 0.717) is 11.1 Å². The summed E-state index contributed by atoms with van der Waals surface area (Å²) < 4.78 is 21.5. The smallest absolute Gasteiger partial charge is 0.260 e. The summed E-state index contributed by atoms with van der Waals surface area (Å²) in [6, 6.07) is 2.52. The Morgan fingerprint density at radius 3 is 2.84 bits per heavy atom. The number of primary amides is 1. The maximum absolute atomic E-state index is 12.9. The van der Waals surface area contributed by atoms with Gasteiger partial charge in [-0.05, 0) is 30.5 Å². The predicted octanol–water partition coefficient (Wildman–Crippen LogP) is 0.814. The number of amides is 2. The summed E-state index contributed by atoms with van der Waals surface area (Å²) in [5.74, 6) is -1.15. The van der Waals surface area contributed by atoms with Crippen LogP contribution in [0.5, 0.6) is 5.75 Å². The first-order valence-corrected chi connectivity index (χ1v) is 8.66. The number of hydrogen-bond donors (Lipinski definition) is 4. The Kier molecular flexibility index (Phi) is 4.36. The van der Waals surface area contributed by atoms with E-state index < -0.39 is 34.3 Å². The second-order valence-corrected chi connectivity index (χ2v) is 6.98. The highest BCUT2D eigenvalue weighted by molar-refractivity contribution is 7.80. The molecule has 0 aliphatic carbocycles. The number of nitrogens with one attached hydrogen (secondary N) is 1. The van der Waals surface area contributed by atoms with Gasteiger partial charge in [0.15, 0.2) is 11.1 Å². The van der Waals surface area contributed by atoms with Gasteiger partial charge in [0.05, 0.1) is 17.3 Å². The molecule has 9 heteroatoms. The van der Waals surface area contributed by atoms with Crippen molar-refractivity contribution in [2.75, 3.05) is 5.32 Å². The third-order valence-electron chi connectivity index (χ3n) is 4.27. The molecule has 3 atom stereocenters. The summed E-state index contributed by atoms with van der Waals surface area (Å²) in [6.07, 6.45) is 4.45. The molecule has 1 aromatic rings. The molecule has 0 bridgehead atoms. The number of fused-ring (bicyclic) bond motifs is 2. The molecule has 1 aromatic carbocycles. The van der Waals surface area contributed by atoms with Crippen LogP contribution < -0.4 is 11.1 Å². The lowest BCUT2D eigenvalue weighted by Crippen LogP contribution is -2.44. The second kappa shape index (κ2) is 6.34. The summed E-state index contributed by atoms with van der Waals surface area (Å²) in [7, 11) is 0. The van der Waals surface area contributed by atoms with Gasteiger partial charge in [0.25, 0.3) is 5.91 Å². The molecule has 0 radical (unpaired) electrons. The molecule has 132 valence electrons. The zero-order valence-electron chi connectivity index (χ0n) is 13.3. The van der Waals surface area contributed by atoms with Gasteiger partial charge in [-0.2, -0.15) is 0 Å². The Bertz CT molecular complexity index is 848. The van der Waals surface area contributed by atoms with Crippen LogP contribution in [0.15, 0.2) is 36.1 Å². The first-order chi connectivity index (χ1) is 11.8. The highest BCUT2D eigenvalue weighted by Gasteiger charge is 2.42. The number of allylic oxidation sites excluding steroid dienone is 1. The van der Waals surface area contributed by atoms with Crippen molar-refractivity contribution in [3.05, 3.63) is 47.2 Å². The second-order valence-electron chi connectivity index (χ2n) is 5.92. The Morgan fingerprint density at radius 2 is 2.20 bits per heavy atom.